The van der Waals surface area contributed by atoms with Crippen molar-refractivity contribution in [3.05, 3.63) is 65.3 Å². The number of hydrogen-bond donors (Lipinski definition) is 0. The van der Waals surface area contributed by atoms with E-state index in [1.165, 1.54) is 12.7 Å². The van der Waals surface area contributed by atoms with Crippen LogP contribution in [0.5, 0.6) is 5.75 Å². The van der Waals surface area contributed by atoms with E-state index in [1.54, 1.807) is 28.4 Å². The van der Waals surface area contributed by atoms with Crippen molar-refractivity contribution in [3.63, 3.8) is 0 Å². The second-order valence-corrected chi connectivity index (χ2v) is 43.0. The van der Waals surface area contributed by atoms with Gasteiger partial charge in [0, 0.05) is 51.4 Å². The number of ether oxygens (including phenoxy) is 8. The van der Waals surface area contributed by atoms with Crippen molar-refractivity contribution in [1.29, 1.82) is 0 Å². The summed E-state index contributed by atoms with van der Waals surface area (Å²) in [5.74, 6) is -2.07. The molecule has 12 atom stereocenters. The first-order valence-electron chi connectivity index (χ1n) is 31.8. The zero-order valence-electron chi connectivity index (χ0n) is 58.5. The van der Waals surface area contributed by atoms with Gasteiger partial charge in [0.25, 0.3) is 0 Å². The van der Waals surface area contributed by atoms with E-state index in [0.29, 0.717) is 41.8 Å². The van der Waals surface area contributed by atoms with Crippen LogP contribution in [0.25, 0.3) is 0 Å². The van der Waals surface area contributed by atoms with E-state index < -0.39 is 66.9 Å². The second kappa shape index (κ2) is 33.5. The fraction of sp³-hybridized carbons (Fsp3) is 0.809. The Morgan fingerprint density at radius 2 is 1.29 bits per heavy atom. The summed E-state index contributed by atoms with van der Waals surface area (Å²) in [5.41, 5.74) is 4.60. The fourth-order valence-electron chi connectivity index (χ4n) is 13.5. The van der Waals surface area contributed by atoms with Crippen LogP contribution < -0.4 is 4.74 Å². The number of hydrogen-bond acceptors (Lipinski definition) is 12. The van der Waals surface area contributed by atoms with Gasteiger partial charge in [0.1, 0.15) is 5.75 Å². The van der Waals surface area contributed by atoms with Crippen molar-refractivity contribution in [2.75, 3.05) is 42.2 Å². The molecule has 2 rings (SSSR count). The molecule has 12 nitrogen and oxygen atoms in total. The molecule has 0 aliphatic carbocycles. The molecular formula is C68H126O12Si3. The molecule has 1 aromatic carbocycles. The zero-order valence-corrected chi connectivity index (χ0v) is 61.5. The van der Waals surface area contributed by atoms with Gasteiger partial charge in [-0.1, -0.05) is 161 Å². The minimum Gasteiger partial charge on any atom is -0.497 e. The van der Waals surface area contributed by atoms with Crippen molar-refractivity contribution in [1.82, 2.24) is 0 Å². The molecule has 0 saturated carbocycles. The van der Waals surface area contributed by atoms with Crippen LogP contribution in [-0.4, -0.2) is 121 Å². The number of esters is 1. The molecule has 0 radical (unpaired) electrons. The summed E-state index contributed by atoms with van der Waals surface area (Å²) in [5, 5.41) is -0.186. The molecule has 15 heteroatoms. The molecule has 482 valence electrons. The summed E-state index contributed by atoms with van der Waals surface area (Å²) in [7, 11) is 0.959. The molecule has 0 N–H and O–H groups in total. The van der Waals surface area contributed by atoms with Gasteiger partial charge in [0.05, 0.1) is 58.0 Å². The predicted octanol–water partition coefficient (Wildman–Crippen LogP) is 17.7. The van der Waals surface area contributed by atoms with Gasteiger partial charge in [-0.3, -0.25) is 0 Å². The minimum absolute atomic E-state index is 0.0388. The van der Waals surface area contributed by atoms with Crippen LogP contribution in [0.15, 0.2) is 59.7 Å². The molecule has 0 aromatic heterocycles. The van der Waals surface area contributed by atoms with Gasteiger partial charge >= 0.3 is 5.97 Å². The Labute approximate surface area is 512 Å². The molecule has 0 spiro atoms. The molecule has 2 unspecified atom stereocenters. The number of benzene rings is 1. The molecule has 1 aliphatic rings. The maximum absolute atomic E-state index is 14.1. The molecule has 0 bridgehead atoms. The molecule has 1 aromatic rings. The van der Waals surface area contributed by atoms with Crippen LogP contribution in [0.3, 0.4) is 0 Å². The first-order chi connectivity index (χ1) is 38.5. The first-order valence-corrected chi connectivity index (χ1v) is 39.2. The smallest absolute Gasteiger partial charge is 0.336 e. The summed E-state index contributed by atoms with van der Waals surface area (Å²) in [4.78, 5) is 14.1. The highest BCUT2D eigenvalue weighted by Gasteiger charge is 2.53. The SMILES string of the molecule is C/C=C\C(C)/C=C(\C)[C@H](O[Si](CC)(CC)C(C)C)[C@H]1COC(C)(C)O[C@@H]1C(C)CCC(OC)(OC)[C@@H](C)/C=C(\C)[C@H](O[Si](C(C)C)(C(C)C)C(C)C)[C@@H](C)[C@H](OCc1ccc(OC)cc1)[C@@H](C)[C@H](OC)[C@@H](O[Si](C)(C)C(C)(C)C)C(=O)OC. The third-order valence-corrected chi connectivity index (χ3v) is 35.4. The average Bonchev–Trinajstić information content (AvgIpc) is 3.60. The Hall–Kier alpha value is -2.00. The molecule has 1 heterocycles. The maximum Gasteiger partial charge on any atom is 0.336 e. The van der Waals surface area contributed by atoms with E-state index >= 15 is 0 Å². The Kier molecular flexibility index (Phi) is 31.2. The Morgan fingerprint density at radius 1 is 0.735 bits per heavy atom. The number of allylic oxidation sites excluding steroid dienone is 3. The second-order valence-electron chi connectivity index (χ2n) is 27.9. The fourth-order valence-corrected chi connectivity index (χ4v) is 24.0. The Morgan fingerprint density at radius 3 is 1.73 bits per heavy atom. The average molecular weight is 1220 g/mol. The molecule has 83 heavy (non-hydrogen) atoms. The monoisotopic (exact) mass is 1220 g/mol. The number of methoxy groups -OCH3 is 5. The van der Waals surface area contributed by atoms with E-state index in [9.17, 15) is 4.79 Å². The van der Waals surface area contributed by atoms with E-state index in [0.717, 1.165) is 35.4 Å². The highest BCUT2D eigenvalue weighted by atomic mass is 28.4. The van der Waals surface area contributed by atoms with Gasteiger partial charge in [0.15, 0.2) is 34.3 Å². The molecule has 1 aliphatic heterocycles. The lowest BCUT2D eigenvalue weighted by molar-refractivity contribution is -0.310. The molecule has 1 fully saturated rings. The van der Waals surface area contributed by atoms with E-state index in [1.807, 2.05) is 38.1 Å². The lowest BCUT2D eigenvalue weighted by Crippen LogP contribution is -2.56. The first kappa shape index (κ1) is 77.1. The van der Waals surface area contributed by atoms with Gasteiger partial charge in [-0.25, -0.2) is 4.79 Å². The van der Waals surface area contributed by atoms with Crippen molar-refractivity contribution < 1.29 is 56.0 Å². The lowest BCUT2D eigenvalue weighted by atomic mass is 9.80. The Balaban J connectivity index is 2.96. The highest BCUT2D eigenvalue weighted by Crippen LogP contribution is 2.48. The van der Waals surface area contributed by atoms with Crippen LogP contribution in [0.1, 0.15) is 178 Å². The highest BCUT2D eigenvalue weighted by molar-refractivity contribution is 6.77. The van der Waals surface area contributed by atoms with Crippen LogP contribution in [0, 0.1) is 35.5 Å². The maximum atomic E-state index is 14.1. The minimum atomic E-state index is -2.60. The topological polar surface area (TPSA) is 119 Å². The number of carbonyl (C=O) groups excluding carboxylic acids is 1. The van der Waals surface area contributed by atoms with E-state index in [2.05, 4.69) is 183 Å². The summed E-state index contributed by atoms with van der Waals surface area (Å²) in [6, 6.07) is 10.1. The van der Waals surface area contributed by atoms with Crippen molar-refractivity contribution in [3.8, 4) is 5.75 Å². The van der Waals surface area contributed by atoms with E-state index in [4.69, 9.17) is 51.2 Å². The molecule has 1 saturated heterocycles. The van der Waals surface area contributed by atoms with Crippen LogP contribution in [-0.2, 0) is 57.8 Å². The number of carbonyl (C=O) groups is 1. The summed E-state index contributed by atoms with van der Waals surface area (Å²) in [6.45, 7) is 56.7. The van der Waals surface area contributed by atoms with Crippen molar-refractivity contribution in [2.24, 2.45) is 35.5 Å². The summed E-state index contributed by atoms with van der Waals surface area (Å²) >= 11 is 0. The third kappa shape index (κ3) is 19.7. The largest absolute Gasteiger partial charge is 0.497 e. The van der Waals surface area contributed by atoms with Gasteiger partial charge in [-0.15, -0.1) is 0 Å². The standard InChI is InChI=1S/C68H126O12Si3/c1-31-34-49(12)41-51(14)61(79-82(32-2,33-3)45(4)5)58-44-76-67(22,23)77-60(58)50(13)39-40-68(73-27,74-28)53(16)42-52(15)59(80-83(46(6)7,47(8)9)48(10)11)54(17)62(75-43-56-35-37-57(70-24)38-36-56)55(18)63(71-25)64(65(69)72-26)78-81(29,30)66(19,20)21/h31,34-38,41-42,45-50,53-55,58-64H,32-33,39-40,43-44H2,1-30H3/b34-31-,51-41+,52-42+/t49?,50?,53-,54+,55+,58-,59-,60+,61-,62-,63-,64+/m0/s1. The third-order valence-electron chi connectivity index (χ3n) is 19.7. The number of rotatable bonds is 36. The lowest BCUT2D eigenvalue weighted by Gasteiger charge is -2.49. The van der Waals surface area contributed by atoms with Crippen molar-refractivity contribution >= 4 is 30.9 Å². The van der Waals surface area contributed by atoms with Gasteiger partial charge < -0.3 is 51.2 Å². The quantitative estimate of drug-likeness (QED) is 0.0275. The van der Waals surface area contributed by atoms with Gasteiger partial charge in [0.2, 0.25) is 8.32 Å². The van der Waals surface area contributed by atoms with Gasteiger partial charge in [-0.05, 0) is 134 Å². The van der Waals surface area contributed by atoms with Crippen molar-refractivity contribution in [2.45, 2.75) is 279 Å². The van der Waals surface area contributed by atoms with E-state index in [-0.39, 0.29) is 52.8 Å². The normalized spacial score (nSPS) is 21.0. The summed E-state index contributed by atoms with van der Waals surface area (Å²) in [6.07, 6.45) is 7.42. The van der Waals surface area contributed by atoms with Crippen LogP contribution >= 0.6 is 0 Å². The van der Waals surface area contributed by atoms with Crippen LogP contribution in [0.4, 0.5) is 0 Å². The Bertz CT molecular complexity index is 2120. The molecule has 0 amide bonds. The summed E-state index contributed by atoms with van der Waals surface area (Å²) < 4.78 is 74.5. The zero-order chi connectivity index (χ0) is 63.8. The van der Waals surface area contributed by atoms with Crippen LogP contribution in [0.2, 0.25) is 52.4 Å². The predicted molar refractivity (Wildman–Crippen MR) is 352 cm³/mol. The molecular weight excluding hydrogens is 1090 g/mol. The van der Waals surface area contributed by atoms with Gasteiger partial charge in [-0.2, -0.15) is 0 Å².